The van der Waals surface area contributed by atoms with E-state index in [1.54, 1.807) is 12.1 Å². The van der Waals surface area contributed by atoms with Crippen LogP contribution < -0.4 is 5.32 Å². The smallest absolute Gasteiger partial charge is 0.118 e. The van der Waals surface area contributed by atoms with Gasteiger partial charge in [0.2, 0.25) is 0 Å². The van der Waals surface area contributed by atoms with Crippen molar-refractivity contribution < 1.29 is 10.2 Å². The molecule has 0 fully saturated rings. The standard InChI is InChI=1S/C20H27NO2/c1-3-15-5-7-19(22)17(13-15)9-11-21-12-10-18-14-16(4-2)6-8-20(18)23/h5-8,13-14,21-23H,3-4,9-12H2,1-2H3. The van der Waals surface area contributed by atoms with E-state index in [1.165, 1.54) is 11.1 Å². The first-order valence-corrected chi connectivity index (χ1v) is 8.46. The molecule has 0 saturated heterocycles. The number of benzene rings is 2. The Balaban J connectivity index is 1.80. The van der Waals surface area contributed by atoms with Crippen LogP contribution >= 0.6 is 0 Å². The summed E-state index contributed by atoms with van der Waals surface area (Å²) in [6, 6.07) is 11.7. The fourth-order valence-corrected chi connectivity index (χ4v) is 2.69. The van der Waals surface area contributed by atoms with Crippen molar-refractivity contribution in [3.8, 4) is 11.5 Å². The van der Waals surface area contributed by atoms with Gasteiger partial charge in [-0.1, -0.05) is 38.1 Å². The molecule has 0 aliphatic heterocycles. The average Bonchev–Trinajstić information content (AvgIpc) is 2.57. The molecule has 0 bridgehead atoms. The molecule has 0 unspecified atom stereocenters. The van der Waals surface area contributed by atoms with Crippen LogP contribution in [0.5, 0.6) is 11.5 Å². The van der Waals surface area contributed by atoms with Gasteiger partial charge in [0.05, 0.1) is 0 Å². The summed E-state index contributed by atoms with van der Waals surface area (Å²) < 4.78 is 0. The van der Waals surface area contributed by atoms with Gasteiger partial charge < -0.3 is 15.5 Å². The molecule has 2 rings (SSSR count). The first kappa shape index (κ1) is 17.4. The maximum absolute atomic E-state index is 9.90. The second-order valence-corrected chi connectivity index (χ2v) is 5.88. The molecule has 0 atom stereocenters. The van der Waals surface area contributed by atoms with Crippen LogP contribution in [0.25, 0.3) is 0 Å². The summed E-state index contributed by atoms with van der Waals surface area (Å²) in [7, 11) is 0. The topological polar surface area (TPSA) is 52.5 Å². The molecule has 0 saturated carbocycles. The van der Waals surface area contributed by atoms with Gasteiger partial charge in [-0.3, -0.25) is 0 Å². The highest BCUT2D eigenvalue weighted by Gasteiger charge is 2.04. The SMILES string of the molecule is CCc1ccc(O)c(CCNCCc2cc(CC)ccc2O)c1. The summed E-state index contributed by atoms with van der Waals surface area (Å²) in [5.74, 6) is 0.745. The lowest BCUT2D eigenvalue weighted by atomic mass is 10.0. The van der Waals surface area contributed by atoms with Crippen LogP contribution in [-0.4, -0.2) is 23.3 Å². The Hall–Kier alpha value is -2.00. The third kappa shape index (κ3) is 5.00. The van der Waals surface area contributed by atoms with Crippen molar-refractivity contribution in [2.75, 3.05) is 13.1 Å². The predicted octanol–water partition coefficient (Wildman–Crippen LogP) is 3.60. The summed E-state index contributed by atoms with van der Waals surface area (Å²) >= 11 is 0. The number of aryl methyl sites for hydroxylation is 2. The first-order chi connectivity index (χ1) is 11.1. The van der Waals surface area contributed by atoms with Crippen LogP contribution in [0, 0.1) is 0 Å². The molecule has 23 heavy (non-hydrogen) atoms. The Morgan fingerprint density at radius 2 is 1.17 bits per heavy atom. The molecule has 2 aromatic rings. The molecule has 0 spiro atoms. The van der Waals surface area contributed by atoms with E-state index in [-0.39, 0.29) is 0 Å². The molecule has 0 aliphatic carbocycles. The van der Waals surface area contributed by atoms with E-state index in [4.69, 9.17) is 0 Å². The zero-order valence-corrected chi connectivity index (χ0v) is 14.1. The van der Waals surface area contributed by atoms with Crippen molar-refractivity contribution in [2.24, 2.45) is 0 Å². The maximum Gasteiger partial charge on any atom is 0.118 e. The molecule has 0 aromatic heterocycles. The number of aromatic hydroxyl groups is 2. The Morgan fingerprint density at radius 3 is 1.57 bits per heavy atom. The molecular weight excluding hydrogens is 286 g/mol. The highest BCUT2D eigenvalue weighted by Crippen LogP contribution is 2.20. The molecule has 0 amide bonds. The second kappa shape index (κ2) is 8.59. The van der Waals surface area contributed by atoms with Crippen LogP contribution in [0.4, 0.5) is 0 Å². The van der Waals surface area contributed by atoms with Crippen LogP contribution in [0.1, 0.15) is 36.1 Å². The zero-order valence-electron chi connectivity index (χ0n) is 14.1. The molecule has 3 N–H and O–H groups in total. The quantitative estimate of drug-likeness (QED) is 0.653. The van der Waals surface area contributed by atoms with Crippen molar-refractivity contribution in [1.82, 2.24) is 5.32 Å². The summed E-state index contributed by atoms with van der Waals surface area (Å²) in [6.45, 7) is 5.86. The van der Waals surface area contributed by atoms with Crippen molar-refractivity contribution >= 4 is 0 Å². The highest BCUT2D eigenvalue weighted by molar-refractivity contribution is 5.37. The van der Waals surface area contributed by atoms with Gasteiger partial charge >= 0.3 is 0 Å². The van der Waals surface area contributed by atoms with Gasteiger partial charge in [-0.25, -0.2) is 0 Å². The van der Waals surface area contributed by atoms with Crippen molar-refractivity contribution in [3.05, 3.63) is 58.7 Å². The lowest BCUT2D eigenvalue weighted by molar-refractivity contribution is 0.465. The fourth-order valence-electron chi connectivity index (χ4n) is 2.69. The second-order valence-electron chi connectivity index (χ2n) is 5.88. The van der Waals surface area contributed by atoms with E-state index < -0.39 is 0 Å². The number of hydrogen-bond acceptors (Lipinski definition) is 3. The average molecular weight is 313 g/mol. The minimum Gasteiger partial charge on any atom is -0.508 e. The predicted molar refractivity (Wildman–Crippen MR) is 95.2 cm³/mol. The molecule has 3 heteroatoms. The first-order valence-electron chi connectivity index (χ1n) is 8.46. The molecule has 3 nitrogen and oxygen atoms in total. The van der Waals surface area contributed by atoms with Crippen LogP contribution in [0.15, 0.2) is 36.4 Å². The third-order valence-corrected chi connectivity index (χ3v) is 4.25. The van der Waals surface area contributed by atoms with Gasteiger partial charge in [-0.2, -0.15) is 0 Å². The maximum atomic E-state index is 9.90. The number of nitrogens with one attached hydrogen (secondary N) is 1. The van der Waals surface area contributed by atoms with Gasteiger partial charge in [0.25, 0.3) is 0 Å². The Labute approximate surface area is 139 Å². The molecular formula is C20H27NO2. The van der Waals surface area contributed by atoms with Gasteiger partial charge in [0.15, 0.2) is 0 Å². The number of hydrogen-bond donors (Lipinski definition) is 3. The lowest BCUT2D eigenvalue weighted by Gasteiger charge is -2.10. The van der Waals surface area contributed by atoms with Crippen molar-refractivity contribution in [3.63, 3.8) is 0 Å². The summed E-state index contributed by atoms with van der Waals surface area (Å²) in [4.78, 5) is 0. The Kier molecular flexibility index (Phi) is 6.48. The van der Waals surface area contributed by atoms with E-state index in [2.05, 4.69) is 31.3 Å². The van der Waals surface area contributed by atoms with Gasteiger partial charge in [-0.05, 0) is 73.2 Å². The van der Waals surface area contributed by atoms with E-state index in [1.807, 2.05) is 12.1 Å². The van der Waals surface area contributed by atoms with E-state index in [0.29, 0.717) is 11.5 Å². The molecule has 0 aliphatic rings. The largest absolute Gasteiger partial charge is 0.508 e. The zero-order chi connectivity index (χ0) is 16.7. The van der Waals surface area contributed by atoms with Gasteiger partial charge in [0, 0.05) is 0 Å². The van der Waals surface area contributed by atoms with E-state index in [0.717, 1.165) is 49.9 Å². The van der Waals surface area contributed by atoms with Crippen LogP contribution in [0.3, 0.4) is 0 Å². The summed E-state index contributed by atoms with van der Waals surface area (Å²) in [6.07, 6.45) is 3.57. The van der Waals surface area contributed by atoms with Crippen LogP contribution in [-0.2, 0) is 25.7 Å². The van der Waals surface area contributed by atoms with E-state index >= 15 is 0 Å². The lowest BCUT2D eigenvalue weighted by Crippen LogP contribution is -2.20. The minimum atomic E-state index is 0.372. The van der Waals surface area contributed by atoms with Gasteiger partial charge in [-0.15, -0.1) is 0 Å². The number of rotatable bonds is 8. The number of phenols is 2. The fraction of sp³-hybridized carbons (Fsp3) is 0.400. The molecule has 2 aromatic carbocycles. The van der Waals surface area contributed by atoms with Crippen molar-refractivity contribution in [1.29, 1.82) is 0 Å². The monoisotopic (exact) mass is 313 g/mol. The highest BCUT2D eigenvalue weighted by atomic mass is 16.3. The van der Waals surface area contributed by atoms with Crippen molar-refractivity contribution in [2.45, 2.75) is 39.5 Å². The number of phenolic OH excluding ortho intramolecular Hbond substituents is 2. The normalized spacial score (nSPS) is 10.9. The van der Waals surface area contributed by atoms with E-state index in [9.17, 15) is 10.2 Å². The molecule has 124 valence electrons. The molecule has 0 heterocycles. The summed E-state index contributed by atoms with van der Waals surface area (Å²) in [5.41, 5.74) is 4.48. The molecule has 0 radical (unpaired) electrons. The Morgan fingerprint density at radius 1 is 0.739 bits per heavy atom. The third-order valence-electron chi connectivity index (χ3n) is 4.25. The minimum absolute atomic E-state index is 0.372. The van der Waals surface area contributed by atoms with Gasteiger partial charge in [0.1, 0.15) is 11.5 Å². The van der Waals surface area contributed by atoms with Crippen LogP contribution in [0.2, 0.25) is 0 Å². The summed E-state index contributed by atoms with van der Waals surface area (Å²) in [5, 5.41) is 23.2. The Bertz CT molecular complexity index is 582.